The van der Waals surface area contributed by atoms with Gasteiger partial charge in [-0.1, -0.05) is 0 Å². The maximum atomic E-state index is 14.3. The minimum Gasteiger partial charge on any atom is -0.334 e. The van der Waals surface area contributed by atoms with Gasteiger partial charge in [0, 0.05) is 38.9 Å². The van der Waals surface area contributed by atoms with Crippen LogP contribution in [0.4, 0.5) is 4.39 Å². The van der Waals surface area contributed by atoms with Gasteiger partial charge >= 0.3 is 0 Å². The molecule has 1 saturated heterocycles. The van der Waals surface area contributed by atoms with Crippen molar-refractivity contribution in [1.82, 2.24) is 14.7 Å². The van der Waals surface area contributed by atoms with Gasteiger partial charge in [0.2, 0.25) is 11.8 Å². The third-order valence-electron chi connectivity index (χ3n) is 4.56. The van der Waals surface area contributed by atoms with Crippen LogP contribution in [0.25, 0.3) is 0 Å². The van der Waals surface area contributed by atoms with Gasteiger partial charge in [-0.3, -0.25) is 9.59 Å². The van der Waals surface area contributed by atoms with Gasteiger partial charge in [-0.05, 0) is 34.4 Å². The molecule has 2 amide bonds. The van der Waals surface area contributed by atoms with E-state index in [2.05, 4.69) is 0 Å². The van der Waals surface area contributed by atoms with E-state index in [1.165, 1.54) is 30.7 Å². The third-order valence-corrected chi connectivity index (χ3v) is 4.56. The van der Waals surface area contributed by atoms with E-state index in [4.69, 9.17) is 0 Å². The fourth-order valence-corrected chi connectivity index (χ4v) is 3.04. The Kier molecular flexibility index (Phi) is 7.69. The van der Waals surface area contributed by atoms with Crippen LogP contribution >= 0.6 is 0 Å². The van der Waals surface area contributed by atoms with E-state index in [0.717, 1.165) is 6.29 Å². The lowest BCUT2D eigenvalue weighted by Crippen LogP contribution is -2.52. The molecule has 146 valence electrons. The number of hydrogen-bond acceptors (Lipinski definition) is 5. The summed E-state index contributed by atoms with van der Waals surface area (Å²) in [6, 6.07) is 0.291. The quantitative estimate of drug-likeness (QED) is 0.593. The first-order valence-electron chi connectivity index (χ1n) is 8.75. The maximum absolute atomic E-state index is 14.3. The topological polar surface area (TPSA) is 84.7 Å². The maximum Gasteiger partial charge on any atom is 0.246 e. The Balaban J connectivity index is 3.01. The summed E-state index contributed by atoms with van der Waals surface area (Å²) in [6.45, 7) is 3.35. The lowest BCUT2D eigenvalue weighted by atomic mass is 9.98. The van der Waals surface area contributed by atoms with Crippen LogP contribution < -0.4 is 0 Å². The van der Waals surface area contributed by atoms with Crippen LogP contribution in [0, 0.1) is 17.2 Å². The zero-order valence-corrected chi connectivity index (χ0v) is 16.2. The first kappa shape index (κ1) is 22.0. The van der Waals surface area contributed by atoms with Crippen molar-refractivity contribution in [2.45, 2.75) is 50.9 Å². The Morgan fingerprint density at radius 2 is 2.00 bits per heavy atom. The fraction of sp³-hybridized carbons (Fsp3) is 0.778. The molecule has 26 heavy (non-hydrogen) atoms. The summed E-state index contributed by atoms with van der Waals surface area (Å²) in [5.74, 6) is -1.15. The number of aldehydes is 1. The van der Waals surface area contributed by atoms with Gasteiger partial charge in [0.1, 0.15) is 24.0 Å². The van der Waals surface area contributed by atoms with Crippen molar-refractivity contribution >= 4 is 18.1 Å². The number of nitrogens with zero attached hydrogens (tertiary/aromatic N) is 4. The van der Waals surface area contributed by atoms with Crippen LogP contribution in [-0.4, -0.2) is 84.8 Å². The van der Waals surface area contributed by atoms with Crippen molar-refractivity contribution in [3.05, 3.63) is 0 Å². The molecule has 0 spiro atoms. The molecular weight excluding hydrogens is 339 g/mol. The van der Waals surface area contributed by atoms with E-state index in [0.29, 0.717) is 6.54 Å². The predicted octanol–water partition coefficient (Wildman–Crippen LogP) is 0.843. The van der Waals surface area contributed by atoms with E-state index in [1.807, 2.05) is 25.1 Å². The van der Waals surface area contributed by atoms with Crippen LogP contribution in [-0.2, 0) is 14.4 Å². The SMILES string of the molecule is CN(C)CCC(=O)N(C)C(CC(C)(C)F)C(=O)N1CC(C=O)CC1C#N. The Bertz CT molecular complexity index is 568. The average Bonchev–Trinajstić information content (AvgIpc) is 2.98. The summed E-state index contributed by atoms with van der Waals surface area (Å²) in [5.41, 5.74) is -1.66. The highest BCUT2D eigenvalue weighted by Gasteiger charge is 2.41. The van der Waals surface area contributed by atoms with Gasteiger partial charge in [-0.25, -0.2) is 4.39 Å². The number of halogens is 1. The van der Waals surface area contributed by atoms with Gasteiger partial charge in [0.05, 0.1) is 6.07 Å². The second kappa shape index (κ2) is 9.08. The molecule has 1 fully saturated rings. The number of likely N-dealkylation sites (N-methyl/N-ethyl adjacent to an activating group) is 1. The van der Waals surface area contributed by atoms with Crippen molar-refractivity contribution < 1.29 is 18.8 Å². The van der Waals surface area contributed by atoms with E-state index in [1.54, 1.807) is 0 Å². The summed E-state index contributed by atoms with van der Waals surface area (Å²) >= 11 is 0. The summed E-state index contributed by atoms with van der Waals surface area (Å²) in [7, 11) is 5.16. The number of amides is 2. The van der Waals surface area contributed by atoms with Crippen molar-refractivity contribution in [3.8, 4) is 6.07 Å². The smallest absolute Gasteiger partial charge is 0.246 e. The summed E-state index contributed by atoms with van der Waals surface area (Å²) in [6.07, 6.45) is 1.04. The van der Waals surface area contributed by atoms with Gasteiger partial charge in [-0.15, -0.1) is 0 Å². The second-order valence-electron chi connectivity index (χ2n) is 7.76. The molecule has 1 rings (SSSR count). The highest BCUT2D eigenvalue weighted by Crippen LogP contribution is 2.27. The molecule has 0 aromatic rings. The van der Waals surface area contributed by atoms with Crippen molar-refractivity contribution in [3.63, 3.8) is 0 Å². The zero-order valence-electron chi connectivity index (χ0n) is 16.2. The molecule has 0 N–H and O–H groups in total. The molecule has 0 saturated carbocycles. The zero-order chi connectivity index (χ0) is 20.1. The third kappa shape index (κ3) is 6.06. The first-order chi connectivity index (χ1) is 12.0. The number of nitriles is 1. The molecule has 0 aromatic heterocycles. The van der Waals surface area contributed by atoms with Crippen LogP contribution in [0.2, 0.25) is 0 Å². The largest absolute Gasteiger partial charge is 0.334 e. The van der Waals surface area contributed by atoms with Gasteiger partial charge in [0.25, 0.3) is 0 Å². The molecule has 7 nitrogen and oxygen atoms in total. The fourth-order valence-electron chi connectivity index (χ4n) is 3.04. The first-order valence-corrected chi connectivity index (χ1v) is 8.75. The van der Waals surface area contributed by atoms with Crippen LogP contribution in [0.15, 0.2) is 0 Å². The minimum atomic E-state index is -1.66. The predicted molar refractivity (Wildman–Crippen MR) is 94.8 cm³/mol. The normalized spacial score (nSPS) is 21.4. The molecule has 3 unspecified atom stereocenters. The van der Waals surface area contributed by atoms with E-state index in [9.17, 15) is 24.0 Å². The molecule has 1 heterocycles. The molecule has 1 aliphatic rings. The number of carbonyl (C=O) groups excluding carboxylic acids is 3. The van der Waals surface area contributed by atoms with Crippen LogP contribution in [0.5, 0.6) is 0 Å². The summed E-state index contributed by atoms with van der Waals surface area (Å²) < 4.78 is 14.3. The van der Waals surface area contributed by atoms with E-state index >= 15 is 0 Å². The molecule has 0 aliphatic carbocycles. The molecule has 0 radical (unpaired) electrons. The van der Waals surface area contributed by atoms with Gasteiger partial charge in [0.15, 0.2) is 0 Å². The number of likely N-dealkylation sites (tertiary alicyclic amines) is 1. The summed E-state index contributed by atoms with van der Waals surface area (Å²) in [5, 5.41) is 9.29. The van der Waals surface area contributed by atoms with E-state index in [-0.39, 0.29) is 31.7 Å². The number of hydrogen-bond donors (Lipinski definition) is 0. The minimum absolute atomic E-state index is 0.128. The molecular formula is C18H29FN4O3. The highest BCUT2D eigenvalue weighted by molar-refractivity contribution is 5.88. The monoisotopic (exact) mass is 368 g/mol. The van der Waals surface area contributed by atoms with E-state index < -0.39 is 29.6 Å². The van der Waals surface area contributed by atoms with Crippen molar-refractivity contribution in [1.29, 1.82) is 5.26 Å². The van der Waals surface area contributed by atoms with Crippen LogP contribution in [0.1, 0.15) is 33.1 Å². The summed E-state index contributed by atoms with van der Waals surface area (Å²) in [4.78, 5) is 41.0. The van der Waals surface area contributed by atoms with Gasteiger partial charge in [-0.2, -0.15) is 5.26 Å². The molecule has 8 heteroatoms. The number of rotatable bonds is 8. The molecule has 0 aromatic carbocycles. The number of alkyl halides is 1. The highest BCUT2D eigenvalue weighted by atomic mass is 19.1. The Morgan fingerprint density at radius 1 is 1.38 bits per heavy atom. The molecule has 1 aliphatic heterocycles. The average molecular weight is 368 g/mol. The van der Waals surface area contributed by atoms with Crippen molar-refractivity contribution in [2.24, 2.45) is 5.92 Å². The Labute approximate surface area is 154 Å². The lowest BCUT2D eigenvalue weighted by molar-refractivity contribution is -0.146. The van der Waals surface area contributed by atoms with Gasteiger partial charge < -0.3 is 19.5 Å². The number of carbonyl (C=O) groups is 3. The Morgan fingerprint density at radius 3 is 2.46 bits per heavy atom. The van der Waals surface area contributed by atoms with Crippen LogP contribution in [0.3, 0.4) is 0 Å². The molecule has 3 atom stereocenters. The molecule has 0 bridgehead atoms. The van der Waals surface area contributed by atoms with Crippen molar-refractivity contribution in [2.75, 3.05) is 34.2 Å². The Hall–Kier alpha value is -2.01. The second-order valence-corrected chi connectivity index (χ2v) is 7.76. The standard InChI is InChI=1S/C18H29FN4O3/c1-18(2,19)9-15(22(5)16(25)6-7-21(3)4)17(26)23-11-13(12-24)8-14(23)10-20/h12-15H,6-9,11H2,1-5H3. The lowest BCUT2D eigenvalue weighted by Gasteiger charge is -2.34.